The third kappa shape index (κ3) is 5.84. The lowest BCUT2D eigenvalue weighted by atomic mass is 9.94. The number of furan rings is 1. The molecule has 44 heavy (non-hydrogen) atoms. The number of benzene rings is 2. The number of fused-ring (bicyclic) bond motifs is 1. The summed E-state index contributed by atoms with van der Waals surface area (Å²) >= 11 is 4.70. The van der Waals surface area contributed by atoms with Gasteiger partial charge in [0.15, 0.2) is 4.80 Å². The molecule has 13 heteroatoms. The maximum atomic E-state index is 14.0. The standard InChI is InChI=1S/C31H28BrN3O8S/c1-5-7-22-27(30(37)42-6-2)28(17-8-11-25(41-4)21(32)14-17)34-29(36)26(44-31(34)33-22)16-19-10-13-24(43-19)20-15-18(35(38)39)9-12-23(20)40-3/h8-16,28H,5-7H2,1-4H3/b26-16-. The molecule has 1 aliphatic rings. The van der Waals surface area contributed by atoms with Gasteiger partial charge < -0.3 is 18.6 Å². The number of halogens is 1. The molecule has 4 aromatic rings. The number of carbonyl (C=O) groups is 1. The first kappa shape index (κ1) is 31.0. The van der Waals surface area contributed by atoms with Crippen LogP contribution in [0.3, 0.4) is 0 Å². The molecule has 0 saturated heterocycles. The Balaban J connectivity index is 1.67. The van der Waals surface area contributed by atoms with Crippen molar-refractivity contribution in [2.45, 2.75) is 32.7 Å². The number of rotatable bonds is 10. The van der Waals surface area contributed by atoms with Crippen LogP contribution in [0.5, 0.6) is 11.5 Å². The molecule has 0 aliphatic carbocycles. The Morgan fingerprint density at radius 2 is 1.89 bits per heavy atom. The second-order valence-electron chi connectivity index (χ2n) is 9.65. The Bertz CT molecular complexity index is 1970. The van der Waals surface area contributed by atoms with Crippen LogP contribution in [0.25, 0.3) is 17.4 Å². The van der Waals surface area contributed by atoms with Crippen molar-refractivity contribution in [1.29, 1.82) is 0 Å². The summed E-state index contributed by atoms with van der Waals surface area (Å²) < 4.78 is 24.7. The van der Waals surface area contributed by atoms with Crippen LogP contribution in [0.15, 0.2) is 78.5 Å². The van der Waals surface area contributed by atoms with E-state index in [0.29, 0.717) is 65.6 Å². The first-order valence-electron chi connectivity index (χ1n) is 13.7. The lowest BCUT2D eigenvalue weighted by Gasteiger charge is -2.26. The van der Waals surface area contributed by atoms with E-state index in [1.54, 1.807) is 38.3 Å². The number of allylic oxidation sites excluding steroid dienone is 1. The minimum absolute atomic E-state index is 0.113. The fraction of sp³-hybridized carbons (Fsp3) is 0.258. The average Bonchev–Trinajstić information content (AvgIpc) is 3.60. The highest BCUT2D eigenvalue weighted by Crippen LogP contribution is 2.37. The van der Waals surface area contributed by atoms with Gasteiger partial charge in [-0.15, -0.1) is 0 Å². The van der Waals surface area contributed by atoms with E-state index in [0.717, 1.165) is 6.42 Å². The smallest absolute Gasteiger partial charge is 0.338 e. The Morgan fingerprint density at radius 3 is 2.55 bits per heavy atom. The number of carbonyl (C=O) groups excluding carboxylic acids is 1. The minimum atomic E-state index is -0.794. The highest BCUT2D eigenvalue weighted by Gasteiger charge is 2.34. The largest absolute Gasteiger partial charge is 0.496 e. The number of esters is 1. The maximum absolute atomic E-state index is 14.0. The van der Waals surface area contributed by atoms with E-state index >= 15 is 0 Å². The fourth-order valence-corrected chi connectivity index (χ4v) is 6.55. The van der Waals surface area contributed by atoms with Crippen LogP contribution in [-0.2, 0) is 9.53 Å². The molecular formula is C31H28BrN3O8S. The van der Waals surface area contributed by atoms with Gasteiger partial charge in [-0.2, -0.15) is 0 Å². The second kappa shape index (κ2) is 13.0. The Hall–Kier alpha value is -4.49. The van der Waals surface area contributed by atoms with Crippen LogP contribution >= 0.6 is 27.3 Å². The molecule has 0 radical (unpaired) electrons. The molecule has 1 unspecified atom stereocenters. The molecule has 0 saturated carbocycles. The predicted octanol–water partition coefficient (Wildman–Crippen LogP) is 5.53. The number of ether oxygens (including phenoxy) is 3. The third-order valence-electron chi connectivity index (χ3n) is 6.94. The normalized spacial score (nSPS) is 14.7. The van der Waals surface area contributed by atoms with E-state index in [-0.39, 0.29) is 17.9 Å². The second-order valence-corrected chi connectivity index (χ2v) is 11.5. The van der Waals surface area contributed by atoms with Crippen LogP contribution < -0.4 is 24.4 Å². The number of hydrogen-bond acceptors (Lipinski definition) is 10. The topological polar surface area (TPSA) is 135 Å². The monoisotopic (exact) mass is 681 g/mol. The summed E-state index contributed by atoms with van der Waals surface area (Å²) in [6.45, 7) is 3.89. The van der Waals surface area contributed by atoms with Crippen molar-refractivity contribution in [2.75, 3.05) is 20.8 Å². The van der Waals surface area contributed by atoms with E-state index < -0.39 is 16.9 Å². The van der Waals surface area contributed by atoms with Crippen molar-refractivity contribution in [3.63, 3.8) is 0 Å². The van der Waals surface area contributed by atoms with Gasteiger partial charge in [0, 0.05) is 18.2 Å². The van der Waals surface area contributed by atoms with Crippen LogP contribution in [0, 0.1) is 10.1 Å². The molecule has 2 aromatic heterocycles. The molecule has 11 nitrogen and oxygen atoms in total. The van der Waals surface area contributed by atoms with Crippen LogP contribution in [-0.4, -0.2) is 36.3 Å². The highest BCUT2D eigenvalue weighted by atomic mass is 79.9. The van der Waals surface area contributed by atoms with Gasteiger partial charge in [0.2, 0.25) is 0 Å². The number of non-ortho nitro benzene ring substituents is 1. The van der Waals surface area contributed by atoms with Gasteiger partial charge in [-0.25, -0.2) is 9.79 Å². The average molecular weight is 683 g/mol. The first-order valence-corrected chi connectivity index (χ1v) is 15.3. The van der Waals surface area contributed by atoms with E-state index in [4.69, 9.17) is 23.6 Å². The van der Waals surface area contributed by atoms with Crippen molar-refractivity contribution in [2.24, 2.45) is 4.99 Å². The number of thiazole rings is 1. The number of hydrogen-bond donors (Lipinski definition) is 0. The van der Waals surface area contributed by atoms with Gasteiger partial charge >= 0.3 is 5.97 Å². The number of nitrogens with zero attached hydrogens (tertiary/aromatic N) is 3. The van der Waals surface area contributed by atoms with Gasteiger partial charge in [-0.05, 0) is 65.2 Å². The van der Waals surface area contributed by atoms with E-state index in [9.17, 15) is 19.7 Å². The van der Waals surface area contributed by atoms with Gasteiger partial charge in [-0.3, -0.25) is 19.5 Å². The Kier molecular flexibility index (Phi) is 9.16. The summed E-state index contributed by atoms with van der Waals surface area (Å²) in [6.07, 6.45) is 2.83. The van der Waals surface area contributed by atoms with E-state index in [1.807, 2.05) is 19.1 Å². The van der Waals surface area contributed by atoms with Crippen LogP contribution in [0.1, 0.15) is 44.1 Å². The predicted molar refractivity (Wildman–Crippen MR) is 168 cm³/mol. The number of nitro benzene ring substituents is 1. The summed E-state index contributed by atoms with van der Waals surface area (Å²) in [6, 6.07) is 12.1. The number of methoxy groups -OCH3 is 2. The lowest BCUT2D eigenvalue weighted by molar-refractivity contribution is -0.384. The first-order chi connectivity index (χ1) is 21.2. The zero-order valence-electron chi connectivity index (χ0n) is 24.3. The SMILES string of the molecule is CCCC1=C(C(=O)OCC)C(c2ccc(OC)c(Br)c2)n2c(s/c(=C\c3ccc(-c4cc([N+](=O)[O-])ccc4OC)o3)c2=O)=N1. The Morgan fingerprint density at radius 1 is 1.14 bits per heavy atom. The molecule has 5 rings (SSSR count). The molecule has 2 aromatic carbocycles. The van der Waals surface area contributed by atoms with Gasteiger partial charge in [0.1, 0.15) is 23.0 Å². The van der Waals surface area contributed by atoms with Crippen molar-refractivity contribution in [3.8, 4) is 22.8 Å². The summed E-state index contributed by atoms with van der Waals surface area (Å²) in [4.78, 5) is 43.5. The fourth-order valence-electron chi connectivity index (χ4n) is 5.00. The zero-order chi connectivity index (χ0) is 31.5. The molecular weight excluding hydrogens is 654 g/mol. The molecule has 3 heterocycles. The van der Waals surface area contributed by atoms with Crippen molar-refractivity contribution in [1.82, 2.24) is 4.57 Å². The van der Waals surface area contributed by atoms with E-state index in [1.165, 1.54) is 41.2 Å². The molecule has 0 spiro atoms. The number of nitro groups is 1. The molecule has 0 amide bonds. The summed E-state index contributed by atoms with van der Waals surface area (Å²) in [5.41, 5.74) is 1.47. The van der Waals surface area contributed by atoms with Crippen molar-refractivity contribution < 1.29 is 28.3 Å². The highest BCUT2D eigenvalue weighted by molar-refractivity contribution is 9.10. The third-order valence-corrected chi connectivity index (χ3v) is 8.55. The van der Waals surface area contributed by atoms with Crippen LogP contribution in [0.4, 0.5) is 5.69 Å². The molecule has 1 atom stereocenters. The van der Waals surface area contributed by atoms with Gasteiger partial charge in [0.05, 0.1) is 57.6 Å². The summed E-state index contributed by atoms with van der Waals surface area (Å²) in [5.74, 6) is 1.15. The van der Waals surface area contributed by atoms with Crippen molar-refractivity contribution >= 4 is 45.0 Å². The summed E-state index contributed by atoms with van der Waals surface area (Å²) in [7, 11) is 3.02. The van der Waals surface area contributed by atoms with Crippen molar-refractivity contribution in [3.05, 3.63) is 105 Å². The molecule has 0 bridgehead atoms. The number of aromatic nitrogens is 1. The zero-order valence-corrected chi connectivity index (χ0v) is 26.7. The van der Waals surface area contributed by atoms with Gasteiger partial charge in [-0.1, -0.05) is 30.7 Å². The van der Waals surface area contributed by atoms with Gasteiger partial charge in [0.25, 0.3) is 11.2 Å². The summed E-state index contributed by atoms with van der Waals surface area (Å²) in [5, 5.41) is 11.4. The Labute approximate surface area is 264 Å². The maximum Gasteiger partial charge on any atom is 0.338 e. The molecule has 0 fully saturated rings. The lowest BCUT2D eigenvalue weighted by Crippen LogP contribution is -2.40. The minimum Gasteiger partial charge on any atom is -0.496 e. The molecule has 1 aliphatic heterocycles. The van der Waals surface area contributed by atoms with Crippen LogP contribution in [0.2, 0.25) is 0 Å². The quantitative estimate of drug-likeness (QED) is 0.121. The molecule has 0 N–H and O–H groups in total. The van der Waals surface area contributed by atoms with E-state index in [2.05, 4.69) is 15.9 Å². The molecule has 228 valence electrons.